The summed E-state index contributed by atoms with van der Waals surface area (Å²) in [7, 11) is 0. The molecule has 0 aliphatic carbocycles. The van der Waals surface area contributed by atoms with E-state index in [1.807, 2.05) is 12.9 Å². The van der Waals surface area contributed by atoms with Gasteiger partial charge in [0.2, 0.25) is 0 Å². The Bertz CT molecular complexity index is 675. The molecule has 2 nitrogen and oxygen atoms in total. The van der Waals surface area contributed by atoms with Crippen molar-refractivity contribution in [1.29, 1.82) is 0 Å². The molecule has 111 valence electrons. The summed E-state index contributed by atoms with van der Waals surface area (Å²) in [5.74, 6) is 0.0824. The average Bonchev–Trinajstić information content (AvgIpc) is 2.80. The van der Waals surface area contributed by atoms with Crippen LogP contribution in [-0.2, 0) is 50.4 Å². The zero-order chi connectivity index (χ0) is 14.1. The molecule has 1 heterocycles. The van der Waals surface area contributed by atoms with E-state index in [1.54, 1.807) is 24.3 Å². The molecule has 0 saturated carbocycles. The Morgan fingerprint density at radius 3 is 2.77 bits per heavy atom. The van der Waals surface area contributed by atoms with E-state index in [0.717, 1.165) is 5.56 Å². The van der Waals surface area contributed by atoms with Crippen molar-refractivity contribution in [2.45, 2.75) is 19.9 Å². The van der Waals surface area contributed by atoms with E-state index in [-0.39, 0.29) is 52.8 Å². The fourth-order valence-corrected chi connectivity index (χ4v) is 2.71. The number of hydrogen-bond acceptors (Lipinski definition) is 2. The smallest absolute Gasteiger partial charge is 0.324 e. The number of ketones is 1. The standard InChI is InChI=1S/C16H14BClO2.CH3.Y/c1-17-15-7-11(5-6-13(15)10-20-17)8-16(19)12-3-2-4-14(18)9-12;;/h2-7,9H,8,10H2,1H3;1H3;/q;-1;. The van der Waals surface area contributed by atoms with Crippen molar-refractivity contribution in [1.82, 2.24) is 0 Å². The Hall–Kier alpha value is -0.471. The molecule has 0 unspecified atom stereocenters. The Labute approximate surface area is 162 Å². The minimum Gasteiger partial charge on any atom is -0.427 e. The summed E-state index contributed by atoms with van der Waals surface area (Å²) in [4.78, 5) is 12.3. The first kappa shape index (κ1) is 19.6. The summed E-state index contributed by atoms with van der Waals surface area (Å²) >= 11 is 5.92. The third kappa shape index (κ3) is 4.29. The first-order chi connectivity index (χ1) is 9.63. The Morgan fingerprint density at radius 1 is 1.27 bits per heavy atom. The number of rotatable bonds is 3. The van der Waals surface area contributed by atoms with Gasteiger partial charge in [0, 0.05) is 49.7 Å². The molecule has 2 aromatic carbocycles. The van der Waals surface area contributed by atoms with Gasteiger partial charge < -0.3 is 12.1 Å². The maximum absolute atomic E-state index is 12.3. The van der Waals surface area contributed by atoms with Gasteiger partial charge in [-0.2, -0.15) is 0 Å². The van der Waals surface area contributed by atoms with E-state index in [2.05, 4.69) is 12.1 Å². The normalized spacial score (nSPS) is 12.2. The molecule has 0 atom stereocenters. The van der Waals surface area contributed by atoms with Gasteiger partial charge in [-0.05, 0) is 28.7 Å². The van der Waals surface area contributed by atoms with Crippen LogP contribution < -0.4 is 5.46 Å². The molecule has 2 aromatic rings. The summed E-state index contributed by atoms with van der Waals surface area (Å²) in [5, 5.41) is 0.590. The van der Waals surface area contributed by atoms with Crippen molar-refractivity contribution in [2.24, 2.45) is 0 Å². The van der Waals surface area contributed by atoms with Crippen LogP contribution in [0.5, 0.6) is 0 Å². The van der Waals surface area contributed by atoms with E-state index < -0.39 is 0 Å². The van der Waals surface area contributed by atoms with Crippen LogP contribution in [-0.4, -0.2) is 12.7 Å². The van der Waals surface area contributed by atoms with Crippen LogP contribution >= 0.6 is 11.6 Å². The molecule has 0 spiro atoms. The first-order valence-electron chi connectivity index (χ1n) is 6.65. The Morgan fingerprint density at radius 2 is 2.05 bits per heavy atom. The number of Topliss-reactive ketones (excluding diaryl/α,β-unsaturated/α-hetero) is 1. The summed E-state index contributed by atoms with van der Waals surface area (Å²) in [5.41, 5.74) is 4.09. The molecule has 0 aromatic heterocycles. The molecule has 1 radical (unpaired) electrons. The average molecular weight is 388 g/mol. The third-order valence-electron chi connectivity index (χ3n) is 3.65. The monoisotopic (exact) mass is 388 g/mol. The molecule has 5 heteroatoms. The minimum atomic E-state index is 0. The van der Waals surface area contributed by atoms with Gasteiger partial charge in [-0.1, -0.05) is 48.8 Å². The largest absolute Gasteiger partial charge is 0.427 e. The van der Waals surface area contributed by atoms with Gasteiger partial charge in [0.25, 0.3) is 0 Å². The van der Waals surface area contributed by atoms with E-state index in [0.29, 0.717) is 23.6 Å². The van der Waals surface area contributed by atoms with Crippen LogP contribution in [0.25, 0.3) is 0 Å². The van der Waals surface area contributed by atoms with Crippen LogP contribution in [0.1, 0.15) is 21.5 Å². The number of hydrogen-bond donors (Lipinski definition) is 0. The Balaban J connectivity index is 0.00000121. The third-order valence-corrected chi connectivity index (χ3v) is 3.88. The summed E-state index contributed by atoms with van der Waals surface area (Å²) < 4.78 is 5.58. The second kappa shape index (κ2) is 8.40. The molecule has 1 aliphatic rings. The van der Waals surface area contributed by atoms with Gasteiger partial charge in [-0.25, -0.2) is 0 Å². The fraction of sp³-hybridized carbons (Fsp3) is 0.176. The minimum absolute atomic E-state index is 0. The van der Waals surface area contributed by atoms with E-state index >= 15 is 0 Å². The number of halogens is 1. The Kier molecular flexibility index (Phi) is 7.47. The number of benzene rings is 2. The summed E-state index contributed by atoms with van der Waals surface area (Å²) in [6.45, 7) is 2.82. The molecule has 1 aliphatic heterocycles. The van der Waals surface area contributed by atoms with Crippen molar-refractivity contribution in [2.75, 3.05) is 0 Å². The first-order valence-corrected chi connectivity index (χ1v) is 7.03. The van der Waals surface area contributed by atoms with Crippen LogP contribution in [0.3, 0.4) is 0 Å². The van der Waals surface area contributed by atoms with Gasteiger partial charge in [0.15, 0.2) is 5.78 Å². The summed E-state index contributed by atoms with van der Waals surface area (Å²) in [6.07, 6.45) is 0.389. The van der Waals surface area contributed by atoms with Crippen LogP contribution in [0.4, 0.5) is 0 Å². The maximum atomic E-state index is 12.3. The van der Waals surface area contributed by atoms with Crippen molar-refractivity contribution in [3.63, 3.8) is 0 Å². The molecule has 0 fully saturated rings. The van der Waals surface area contributed by atoms with Crippen LogP contribution in [0.15, 0.2) is 42.5 Å². The van der Waals surface area contributed by atoms with Gasteiger partial charge in [-0.15, -0.1) is 0 Å². The van der Waals surface area contributed by atoms with Crippen molar-refractivity contribution < 1.29 is 42.2 Å². The second-order valence-corrected chi connectivity index (χ2v) is 5.53. The molecule has 0 amide bonds. The molecule has 0 saturated heterocycles. The molecule has 3 rings (SSSR count). The topological polar surface area (TPSA) is 26.3 Å². The zero-order valence-electron chi connectivity index (χ0n) is 12.8. The van der Waals surface area contributed by atoms with Gasteiger partial charge in [-0.3, -0.25) is 4.79 Å². The maximum Gasteiger partial charge on any atom is 0.324 e. The SMILES string of the molecule is CB1OCc2ccc(CC(=O)c3cccc(Cl)c3)cc21.[CH3-].[Y]. The van der Waals surface area contributed by atoms with Crippen LogP contribution in [0.2, 0.25) is 11.8 Å². The molecule has 22 heavy (non-hydrogen) atoms. The van der Waals surface area contributed by atoms with Crippen LogP contribution in [0, 0.1) is 7.43 Å². The number of carbonyl (C=O) groups excluding carboxylic acids is 1. The van der Waals surface area contributed by atoms with Crippen molar-refractivity contribution in [3.8, 4) is 0 Å². The predicted molar refractivity (Wildman–Crippen MR) is 88.4 cm³/mol. The van der Waals surface area contributed by atoms with E-state index in [9.17, 15) is 4.79 Å². The molecular formula is C17H17BClO2Y-. The second-order valence-electron chi connectivity index (χ2n) is 5.10. The van der Waals surface area contributed by atoms with Crippen molar-refractivity contribution >= 4 is 29.8 Å². The van der Waals surface area contributed by atoms with Gasteiger partial charge in [0.1, 0.15) is 0 Å². The molecule has 0 N–H and O–H groups in total. The quantitative estimate of drug-likeness (QED) is 0.457. The predicted octanol–water partition coefficient (Wildman–Crippen LogP) is 3.57. The van der Waals surface area contributed by atoms with E-state index in [1.165, 1.54) is 11.0 Å². The fourth-order valence-electron chi connectivity index (χ4n) is 2.52. The van der Waals surface area contributed by atoms with Gasteiger partial charge in [0.05, 0.1) is 6.61 Å². The molecular weight excluding hydrogens is 371 g/mol. The number of fused-ring (bicyclic) bond motifs is 1. The molecule has 0 bridgehead atoms. The van der Waals surface area contributed by atoms with E-state index in [4.69, 9.17) is 16.3 Å². The number of carbonyl (C=O) groups is 1. The van der Waals surface area contributed by atoms with Gasteiger partial charge >= 0.3 is 6.92 Å². The summed E-state index contributed by atoms with van der Waals surface area (Å²) in [6, 6.07) is 13.2. The van der Waals surface area contributed by atoms with Crippen molar-refractivity contribution in [3.05, 3.63) is 71.6 Å². The zero-order valence-corrected chi connectivity index (χ0v) is 16.4.